The van der Waals surface area contributed by atoms with Crippen LogP contribution in [0.25, 0.3) is 10.8 Å². The lowest BCUT2D eigenvalue weighted by molar-refractivity contribution is 0.478. The molecule has 0 aliphatic rings. The van der Waals surface area contributed by atoms with E-state index in [9.17, 15) is 5.11 Å². The highest BCUT2D eigenvalue weighted by Gasteiger charge is 2.00. The molecular formula is C16H13N3O. The molecule has 4 nitrogen and oxygen atoms in total. The van der Waals surface area contributed by atoms with E-state index < -0.39 is 0 Å². The van der Waals surface area contributed by atoms with Gasteiger partial charge in [0.25, 0.3) is 0 Å². The molecule has 3 aromatic rings. The molecule has 0 saturated carbocycles. The molecule has 20 heavy (non-hydrogen) atoms. The van der Waals surface area contributed by atoms with Gasteiger partial charge < -0.3 is 10.8 Å². The Morgan fingerprint density at radius 2 is 1.65 bits per heavy atom. The van der Waals surface area contributed by atoms with Crippen molar-refractivity contribution in [1.82, 2.24) is 0 Å². The average Bonchev–Trinajstić information content (AvgIpc) is 2.48. The lowest BCUT2D eigenvalue weighted by Crippen LogP contribution is -1.83. The van der Waals surface area contributed by atoms with Gasteiger partial charge in [-0.15, -0.1) is 5.11 Å². The van der Waals surface area contributed by atoms with Crippen molar-refractivity contribution >= 4 is 27.8 Å². The number of aromatic hydroxyl groups is 1. The van der Waals surface area contributed by atoms with Crippen LogP contribution in [0.15, 0.2) is 70.9 Å². The summed E-state index contributed by atoms with van der Waals surface area (Å²) in [6.45, 7) is 0. The van der Waals surface area contributed by atoms with E-state index in [-0.39, 0.29) is 5.75 Å². The number of nitrogens with two attached hydrogens (primary N) is 1. The Morgan fingerprint density at radius 1 is 0.850 bits per heavy atom. The maximum absolute atomic E-state index is 9.37. The summed E-state index contributed by atoms with van der Waals surface area (Å²) in [6.07, 6.45) is 0. The molecular weight excluding hydrogens is 250 g/mol. The summed E-state index contributed by atoms with van der Waals surface area (Å²) in [5, 5.41) is 20.0. The van der Waals surface area contributed by atoms with Gasteiger partial charge in [0, 0.05) is 5.39 Å². The smallest absolute Gasteiger partial charge is 0.138 e. The first kappa shape index (κ1) is 12.2. The predicted molar refractivity (Wildman–Crippen MR) is 80.6 cm³/mol. The van der Waals surface area contributed by atoms with E-state index in [0.717, 1.165) is 16.5 Å². The van der Waals surface area contributed by atoms with E-state index in [4.69, 9.17) is 5.73 Å². The van der Waals surface area contributed by atoms with E-state index >= 15 is 0 Å². The molecule has 0 aliphatic heterocycles. The molecule has 4 heteroatoms. The number of hydrogen-bond acceptors (Lipinski definition) is 4. The summed E-state index contributed by atoms with van der Waals surface area (Å²) in [5.41, 5.74) is 7.33. The van der Waals surface area contributed by atoms with Crippen molar-refractivity contribution < 1.29 is 5.11 Å². The largest absolute Gasteiger partial charge is 0.506 e. The van der Waals surface area contributed by atoms with Crippen molar-refractivity contribution in [3.63, 3.8) is 0 Å². The predicted octanol–water partition coefficient (Wildman–Crippen LogP) is 4.54. The molecule has 0 bridgehead atoms. The van der Waals surface area contributed by atoms with Crippen molar-refractivity contribution in [3.05, 3.63) is 60.7 Å². The Bertz CT molecular complexity index is 791. The highest BCUT2D eigenvalue weighted by Crippen LogP contribution is 2.29. The summed E-state index contributed by atoms with van der Waals surface area (Å²) in [4.78, 5) is 0. The van der Waals surface area contributed by atoms with Crippen LogP contribution in [0.5, 0.6) is 5.75 Å². The number of phenols is 1. The van der Waals surface area contributed by atoms with E-state index in [1.165, 1.54) is 6.07 Å². The van der Waals surface area contributed by atoms with Crippen LogP contribution in [0, 0.1) is 0 Å². The molecule has 3 aromatic carbocycles. The van der Waals surface area contributed by atoms with E-state index in [0.29, 0.717) is 11.4 Å². The maximum Gasteiger partial charge on any atom is 0.138 e. The van der Waals surface area contributed by atoms with Gasteiger partial charge in [0.15, 0.2) is 0 Å². The Morgan fingerprint density at radius 3 is 2.50 bits per heavy atom. The number of fused-ring (bicyclic) bond motifs is 1. The second-order valence-electron chi connectivity index (χ2n) is 4.44. The second kappa shape index (κ2) is 5.01. The zero-order valence-corrected chi connectivity index (χ0v) is 10.7. The van der Waals surface area contributed by atoms with Gasteiger partial charge in [-0.25, -0.2) is 0 Å². The van der Waals surface area contributed by atoms with Crippen molar-refractivity contribution in [2.45, 2.75) is 0 Å². The van der Waals surface area contributed by atoms with Crippen LogP contribution in [0.2, 0.25) is 0 Å². The van der Waals surface area contributed by atoms with Gasteiger partial charge in [-0.1, -0.05) is 36.4 Å². The van der Waals surface area contributed by atoms with Crippen LogP contribution in [-0.4, -0.2) is 5.11 Å². The average molecular weight is 263 g/mol. The van der Waals surface area contributed by atoms with E-state index in [1.54, 1.807) is 12.1 Å². The molecule has 3 N–H and O–H groups in total. The van der Waals surface area contributed by atoms with Crippen LogP contribution < -0.4 is 5.73 Å². The quantitative estimate of drug-likeness (QED) is 0.404. The SMILES string of the molecule is Nc1cc(/N=N/c2cccc3ccccc23)ccc1O. The Kier molecular flexibility index (Phi) is 3.05. The van der Waals surface area contributed by atoms with Crippen LogP contribution in [0.4, 0.5) is 17.1 Å². The summed E-state index contributed by atoms with van der Waals surface area (Å²) in [6, 6.07) is 18.7. The molecule has 0 aliphatic carbocycles. The van der Waals surface area contributed by atoms with Crippen LogP contribution in [0.1, 0.15) is 0 Å². The molecule has 0 amide bonds. The summed E-state index contributed by atoms with van der Waals surface area (Å²) in [5.74, 6) is 0.0501. The first-order chi connectivity index (χ1) is 9.74. The summed E-state index contributed by atoms with van der Waals surface area (Å²) < 4.78 is 0. The minimum absolute atomic E-state index is 0.0501. The van der Waals surface area contributed by atoms with Gasteiger partial charge in [-0.05, 0) is 29.7 Å². The lowest BCUT2D eigenvalue weighted by Gasteiger charge is -2.01. The van der Waals surface area contributed by atoms with Gasteiger partial charge in [-0.2, -0.15) is 5.11 Å². The molecule has 3 rings (SSSR count). The molecule has 0 fully saturated rings. The van der Waals surface area contributed by atoms with Crippen molar-refractivity contribution in [2.24, 2.45) is 10.2 Å². The van der Waals surface area contributed by atoms with E-state index in [1.807, 2.05) is 42.5 Å². The van der Waals surface area contributed by atoms with Gasteiger partial charge in [0.1, 0.15) is 5.75 Å². The van der Waals surface area contributed by atoms with Crippen LogP contribution in [0.3, 0.4) is 0 Å². The number of rotatable bonds is 2. The van der Waals surface area contributed by atoms with Crippen molar-refractivity contribution in [3.8, 4) is 5.75 Å². The van der Waals surface area contributed by atoms with Gasteiger partial charge in [0.05, 0.1) is 17.1 Å². The topological polar surface area (TPSA) is 71.0 Å². The zero-order valence-electron chi connectivity index (χ0n) is 10.7. The fraction of sp³-hybridized carbons (Fsp3) is 0. The minimum Gasteiger partial charge on any atom is -0.506 e. The van der Waals surface area contributed by atoms with Gasteiger partial charge in [0.2, 0.25) is 0 Å². The summed E-state index contributed by atoms with van der Waals surface area (Å²) in [7, 11) is 0. The number of anilines is 1. The number of azo groups is 1. The normalized spacial score (nSPS) is 11.2. The molecule has 0 saturated heterocycles. The molecule has 0 heterocycles. The minimum atomic E-state index is 0.0501. The Balaban J connectivity index is 2.00. The fourth-order valence-corrected chi connectivity index (χ4v) is 2.01. The maximum atomic E-state index is 9.37. The summed E-state index contributed by atoms with van der Waals surface area (Å²) >= 11 is 0. The van der Waals surface area contributed by atoms with Gasteiger partial charge in [-0.3, -0.25) is 0 Å². The first-order valence-electron chi connectivity index (χ1n) is 6.22. The molecule has 98 valence electrons. The van der Waals surface area contributed by atoms with E-state index in [2.05, 4.69) is 10.2 Å². The van der Waals surface area contributed by atoms with Crippen LogP contribution >= 0.6 is 0 Å². The van der Waals surface area contributed by atoms with Crippen molar-refractivity contribution in [1.29, 1.82) is 0 Å². The highest BCUT2D eigenvalue weighted by molar-refractivity contribution is 5.92. The third-order valence-electron chi connectivity index (χ3n) is 3.05. The van der Waals surface area contributed by atoms with Crippen molar-refractivity contribution in [2.75, 3.05) is 5.73 Å². The first-order valence-corrected chi connectivity index (χ1v) is 6.22. The van der Waals surface area contributed by atoms with Gasteiger partial charge >= 0.3 is 0 Å². The molecule has 0 radical (unpaired) electrons. The Labute approximate surface area is 116 Å². The second-order valence-corrected chi connectivity index (χ2v) is 4.44. The molecule has 0 unspecified atom stereocenters. The number of phenolic OH excluding ortho intramolecular Hbond substituents is 1. The number of benzene rings is 3. The fourth-order valence-electron chi connectivity index (χ4n) is 2.01. The third-order valence-corrected chi connectivity index (χ3v) is 3.05. The number of hydrogen-bond donors (Lipinski definition) is 2. The highest BCUT2D eigenvalue weighted by atomic mass is 16.3. The monoisotopic (exact) mass is 263 g/mol. The number of nitrogens with zero attached hydrogens (tertiary/aromatic N) is 2. The van der Waals surface area contributed by atoms with Crippen LogP contribution in [-0.2, 0) is 0 Å². The molecule has 0 aromatic heterocycles. The number of nitrogen functional groups attached to an aromatic ring is 1. The molecule has 0 spiro atoms. The lowest BCUT2D eigenvalue weighted by atomic mass is 10.1. The molecule has 0 atom stereocenters. The zero-order chi connectivity index (χ0) is 13.9. The third kappa shape index (κ3) is 2.31. The standard InChI is InChI=1S/C16H13N3O/c17-14-10-12(8-9-16(14)20)18-19-15-7-3-5-11-4-1-2-6-13(11)15/h1-10,20H,17H2/b19-18+. The Hall–Kier alpha value is -2.88.